The summed E-state index contributed by atoms with van der Waals surface area (Å²) in [6.45, 7) is 7.52. The van der Waals surface area contributed by atoms with E-state index in [1.807, 2.05) is 32.0 Å². The fourth-order valence-electron chi connectivity index (χ4n) is 3.90. The van der Waals surface area contributed by atoms with Crippen LogP contribution in [0.25, 0.3) is 4.96 Å². The van der Waals surface area contributed by atoms with E-state index in [1.54, 1.807) is 9.30 Å². The summed E-state index contributed by atoms with van der Waals surface area (Å²) in [5.41, 5.74) is 1.85. The van der Waals surface area contributed by atoms with Crippen molar-refractivity contribution in [2.24, 2.45) is 0 Å². The third kappa shape index (κ3) is 3.23. The second kappa shape index (κ2) is 7.41. The van der Waals surface area contributed by atoms with Gasteiger partial charge >= 0.3 is 0 Å². The fourth-order valence-corrected chi connectivity index (χ4v) is 4.83. The summed E-state index contributed by atoms with van der Waals surface area (Å²) in [6.07, 6.45) is 1.42. The molecule has 30 heavy (non-hydrogen) atoms. The van der Waals surface area contributed by atoms with E-state index in [0.717, 1.165) is 47.3 Å². The monoisotopic (exact) mass is 426 g/mol. The number of thiazole rings is 1. The molecule has 0 bridgehead atoms. The van der Waals surface area contributed by atoms with Crippen molar-refractivity contribution < 1.29 is 14.3 Å². The summed E-state index contributed by atoms with van der Waals surface area (Å²) in [5, 5.41) is 0. The van der Waals surface area contributed by atoms with Gasteiger partial charge in [0.2, 0.25) is 6.79 Å². The molecule has 0 atom stereocenters. The number of carbonyl (C=O) groups is 1. The van der Waals surface area contributed by atoms with Crippen LogP contribution in [0.5, 0.6) is 11.5 Å². The number of piperazine rings is 1. The van der Waals surface area contributed by atoms with Crippen molar-refractivity contribution in [3.05, 3.63) is 56.4 Å². The minimum Gasteiger partial charge on any atom is -0.454 e. The molecule has 0 unspecified atom stereocenters. The van der Waals surface area contributed by atoms with Crippen molar-refractivity contribution >= 4 is 22.2 Å². The third-order valence-corrected chi connectivity index (χ3v) is 6.82. The van der Waals surface area contributed by atoms with Crippen LogP contribution in [0.3, 0.4) is 0 Å². The second-order valence-corrected chi connectivity index (χ2v) is 8.78. The number of benzene rings is 1. The maximum atomic E-state index is 13.0. The van der Waals surface area contributed by atoms with Crippen molar-refractivity contribution in [1.82, 2.24) is 19.2 Å². The molecule has 0 N–H and O–H groups in total. The minimum absolute atomic E-state index is 0.137. The van der Waals surface area contributed by atoms with E-state index in [9.17, 15) is 9.59 Å². The summed E-state index contributed by atoms with van der Waals surface area (Å²) in [7, 11) is 0. The number of carbonyl (C=O) groups excluding carboxylic acids is 1. The van der Waals surface area contributed by atoms with Crippen LogP contribution in [0.2, 0.25) is 0 Å². The highest BCUT2D eigenvalue weighted by Crippen LogP contribution is 2.32. The molecule has 1 aromatic carbocycles. The van der Waals surface area contributed by atoms with Gasteiger partial charge in [-0.3, -0.25) is 18.9 Å². The number of nitrogens with zero attached hydrogens (tertiary/aromatic N) is 4. The number of fused-ring (bicyclic) bond motifs is 2. The number of aryl methyl sites for hydroxylation is 2. The smallest absolute Gasteiger partial charge is 0.271 e. The number of aromatic nitrogens is 2. The molecule has 1 amide bonds. The topological polar surface area (TPSA) is 76.4 Å². The van der Waals surface area contributed by atoms with Gasteiger partial charge in [0.1, 0.15) is 5.56 Å². The van der Waals surface area contributed by atoms with Crippen LogP contribution >= 0.6 is 11.3 Å². The Hall–Kier alpha value is -2.91. The number of hydrogen-bond acceptors (Lipinski definition) is 7. The average molecular weight is 426 g/mol. The lowest BCUT2D eigenvalue weighted by atomic mass is 10.1. The van der Waals surface area contributed by atoms with E-state index in [-0.39, 0.29) is 23.8 Å². The van der Waals surface area contributed by atoms with Crippen molar-refractivity contribution in [3.8, 4) is 11.5 Å². The first kappa shape index (κ1) is 19.1. The van der Waals surface area contributed by atoms with Gasteiger partial charge < -0.3 is 14.4 Å². The quantitative estimate of drug-likeness (QED) is 0.638. The molecule has 3 aromatic rings. The zero-order chi connectivity index (χ0) is 20.8. The van der Waals surface area contributed by atoms with Gasteiger partial charge in [-0.1, -0.05) is 6.07 Å². The Labute approximate surface area is 177 Å². The molecule has 2 aliphatic rings. The van der Waals surface area contributed by atoms with Gasteiger partial charge in [-0.05, 0) is 31.5 Å². The lowest BCUT2D eigenvalue weighted by Gasteiger charge is -2.34. The molecular formula is C21H22N4O4S. The van der Waals surface area contributed by atoms with E-state index in [4.69, 9.17) is 9.47 Å². The molecule has 156 valence electrons. The average Bonchev–Trinajstić information content (AvgIpc) is 3.32. The zero-order valence-electron chi connectivity index (χ0n) is 16.9. The SMILES string of the molecule is Cc1sc2ncc(C(=O)N3CCN(Cc4ccc5c(c4)OCO5)CC3)c(=O)n2c1C. The van der Waals surface area contributed by atoms with Crippen molar-refractivity contribution in [3.63, 3.8) is 0 Å². The highest BCUT2D eigenvalue weighted by molar-refractivity contribution is 7.17. The molecular weight excluding hydrogens is 404 g/mol. The van der Waals surface area contributed by atoms with Crippen molar-refractivity contribution in [1.29, 1.82) is 0 Å². The lowest BCUT2D eigenvalue weighted by molar-refractivity contribution is 0.0626. The van der Waals surface area contributed by atoms with E-state index < -0.39 is 0 Å². The maximum Gasteiger partial charge on any atom is 0.271 e. The second-order valence-electron chi connectivity index (χ2n) is 7.59. The van der Waals surface area contributed by atoms with Crippen LogP contribution in [0, 0.1) is 13.8 Å². The number of rotatable bonds is 3. The highest BCUT2D eigenvalue weighted by Gasteiger charge is 2.26. The Kier molecular flexibility index (Phi) is 4.71. The Morgan fingerprint density at radius 3 is 2.70 bits per heavy atom. The maximum absolute atomic E-state index is 13.0. The van der Waals surface area contributed by atoms with Gasteiger partial charge in [0, 0.05) is 49.5 Å². The predicted molar refractivity (Wildman–Crippen MR) is 113 cm³/mol. The number of ether oxygens (including phenoxy) is 2. The van der Waals surface area contributed by atoms with Gasteiger partial charge in [-0.25, -0.2) is 4.98 Å². The highest BCUT2D eigenvalue weighted by atomic mass is 32.1. The first-order valence-corrected chi connectivity index (χ1v) is 10.7. The number of hydrogen-bond donors (Lipinski definition) is 0. The predicted octanol–water partition coefficient (Wildman–Crippen LogP) is 2.06. The van der Waals surface area contributed by atoms with Crippen LogP contribution in [-0.4, -0.2) is 58.1 Å². The van der Waals surface area contributed by atoms with Crippen LogP contribution in [0.1, 0.15) is 26.5 Å². The molecule has 1 saturated heterocycles. The molecule has 0 radical (unpaired) electrons. The van der Waals surface area contributed by atoms with E-state index in [2.05, 4.69) is 9.88 Å². The van der Waals surface area contributed by atoms with Gasteiger partial charge in [-0.2, -0.15) is 0 Å². The molecule has 8 nitrogen and oxygen atoms in total. The number of amides is 1. The summed E-state index contributed by atoms with van der Waals surface area (Å²) < 4.78 is 12.4. The fraction of sp³-hybridized carbons (Fsp3) is 0.381. The summed E-state index contributed by atoms with van der Waals surface area (Å²) in [5.74, 6) is 1.32. The van der Waals surface area contributed by atoms with Gasteiger partial charge in [0.25, 0.3) is 11.5 Å². The Bertz CT molecular complexity index is 1190. The lowest BCUT2D eigenvalue weighted by Crippen LogP contribution is -2.49. The molecule has 1 fully saturated rings. The van der Waals surface area contributed by atoms with Crippen molar-refractivity contribution in [2.75, 3.05) is 33.0 Å². The van der Waals surface area contributed by atoms with Gasteiger partial charge in [-0.15, -0.1) is 11.3 Å². The Morgan fingerprint density at radius 2 is 1.90 bits per heavy atom. The van der Waals surface area contributed by atoms with Crippen LogP contribution in [0.4, 0.5) is 0 Å². The first-order chi connectivity index (χ1) is 14.5. The molecule has 4 heterocycles. The van der Waals surface area contributed by atoms with Crippen LogP contribution in [0.15, 0.2) is 29.2 Å². The summed E-state index contributed by atoms with van der Waals surface area (Å²) in [6, 6.07) is 5.98. The normalized spacial score (nSPS) is 16.4. The standard InChI is InChI=1S/C21H22N4O4S/c1-13-14(2)30-21-22-10-16(20(27)25(13)21)19(26)24-7-5-23(6-8-24)11-15-3-4-17-18(9-15)29-12-28-17/h3-4,9-10H,5-8,11-12H2,1-2H3. The summed E-state index contributed by atoms with van der Waals surface area (Å²) >= 11 is 1.46. The van der Waals surface area contributed by atoms with E-state index >= 15 is 0 Å². The largest absolute Gasteiger partial charge is 0.454 e. The molecule has 2 aliphatic heterocycles. The summed E-state index contributed by atoms with van der Waals surface area (Å²) in [4.78, 5) is 35.9. The minimum atomic E-state index is -0.283. The van der Waals surface area contributed by atoms with Crippen LogP contribution in [-0.2, 0) is 6.54 Å². The Balaban J connectivity index is 1.27. The van der Waals surface area contributed by atoms with E-state index in [1.165, 1.54) is 17.5 Å². The third-order valence-electron chi connectivity index (χ3n) is 5.75. The molecule has 0 aliphatic carbocycles. The van der Waals surface area contributed by atoms with E-state index in [0.29, 0.717) is 18.1 Å². The first-order valence-electron chi connectivity index (χ1n) is 9.89. The molecule has 2 aromatic heterocycles. The van der Waals surface area contributed by atoms with Gasteiger partial charge in [0.15, 0.2) is 16.5 Å². The van der Waals surface area contributed by atoms with Gasteiger partial charge in [0.05, 0.1) is 0 Å². The Morgan fingerprint density at radius 1 is 1.13 bits per heavy atom. The molecule has 9 heteroatoms. The molecule has 0 saturated carbocycles. The molecule has 5 rings (SSSR count). The van der Waals surface area contributed by atoms with Crippen molar-refractivity contribution in [2.45, 2.75) is 20.4 Å². The zero-order valence-corrected chi connectivity index (χ0v) is 17.7. The van der Waals surface area contributed by atoms with Crippen LogP contribution < -0.4 is 15.0 Å². The molecule has 0 spiro atoms.